The summed E-state index contributed by atoms with van der Waals surface area (Å²) in [7, 11) is 0. The molecule has 0 bridgehead atoms. The van der Waals surface area contributed by atoms with E-state index in [0.29, 0.717) is 5.92 Å². The lowest BCUT2D eigenvalue weighted by Crippen LogP contribution is -2.00. The van der Waals surface area contributed by atoms with E-state index in [4.69, 9.17) is 0 Å². The van der Waals surface area contributed by atoms with Crippen LogP contribution in [0.25, 0.3) is 6.08 Å². The van der Waals surface area contributed by atoms with Crippen LogP contribution in [0.15, 0.2) is 46.9 Å². The summed E-state index contributed by atoms with van der Waals surface area (Å²) in [6, 6.07) is 13.1. The molecule has 0 N–H and O–H groups in total. The molecule has 90 valence electrons. The Morgan fingerprint density at radius 1 is 1.00 bits per heavy atom. The Bertz CT molecular complexity index is 638. The third-order valence-electron chi connectivity index (χ3n) is 3.83. The van der Waals surface area contributed by atoms with Crippen LogP contribution in [0.4, 0.5) is 0 Å². The van der Waals surface area contributed by atoms with Crippen molar-refractivity contribution in [3.05, 3.63) is 74.8 Å². The van der Waals surface area contributed by atoms with Crippen LogP contribution in [0.2, 0.25) is 0 Å². The second-order valence-corrected chi connectivity index (χ2v) is 5.81. The number of hydrogen-bond acceptors (Lipinski definition) is 0. The van der Waals surface area contributed by atoms with E-state index < -0.39 is 0 Å². The predicted molar refractivity (Wildman–Crippen MR) is 80.9 cm³/mol. The lowest BCUT2D eigenvalue weighted by Gasteiger charge is -2.16. The fraction of sp³-hybridized carbons (Fsp3) is 0.176. The second kappa shape index (κ2) is 4.40. The highest BCUT2D eigenvalue weighted by Crippen LogP contribution is 2.38. The monoisotopic (exact) mass is 298 g/mol. The summed E-state index contributed by atoms with van der Waals surface area (Å²) in [6.45, 7) is 4.40. The lowest BCUT2D eigenvalue weighted by molar-refractivity contribution is 1.02. The van der Waals surface area contributed by atoms with Gasteiger partial charge in [0.25, 0.3) is 0 Å². The Kier molecular flexibility index (Phi) is 2.87. The van der Waals surface area contributed by atoms with Gasteiger partial charge in [-0.1, -0.05) is 52.3 Å². The summed E-state index contributed by atoms with van der Waals surface area (Å²) in [5.74, 6) is 0.400. The number of benzene rings is 2. The van der Waals surface area contributed by atoms with Crippen molar-refractivity contribution in [3.8, 4) is 0 Å². The number of halogens is 1. The summed E-state index contributed by atoms with van der Waals surface area (Å²) in [5, 5.41) is 0. The van der Waals surface area contributed by atoms with Crippen molar-refractivity contribution in [2.24, 2.45) is 0 Å². The molecule has 0 fully saturated rings. The normalized spacial score (nSPS) is 16.9. The van der Waals surface area contributed by atoms with Crippen molar-refractivity contribution >= 4 is 22.0 Å². The van der Waals surface area contributed by atoms with Crippen LogP contribution < -0.4 is 0 Å². The Balaban J connectivity index is 2.14. The van der Waals surface area contributed by atoms with Gasteiger partial charge in [0.1, 0.15) is 0 Å². The fourth-order valence-electron chi connectivity index (χ4n) is 2.65. The number of hydrogen-bond donors (Lipinski definition) is 0. The molecule has 1 aliphatic carbocycles. The molecule has 0 aromatic heterocycles. The molecule has 2 aromatic carbocycles. The molecule has 0 aliphatic heterocycles. The molecule has 0 nitrogen and oxygen atoms in total. The maximum atomic E-state index is 3.57. The van der Waals surface area contributed by atoms with E-state index in [1.807, 2.05) is 0 Å². The average molecular weight is 299 g/mol. The molecule has 0 amide bonds. The van der Waals surface area contributed by atoms with E-state index in [-0.39, 0.29) is 0 Å². The number of fused-ring (bicyclic) bond motifs is 1. The van der Waals surface area contributed by atoms with Crippen molar-refractivity contribution in [3.63, 3.8) is 0 Å². The molecule has 1 unspecified atom stereocenters. The number of aryl methyl sites for hydroxylation is 1. The third-order valence-corrected chi connectivity index (χ3v) is 4.33. The molecule has 0 heterocycles. The summed E-state index contributed by atoms with van der Waals surface area (Å²) in [5.41, 5.74) is 6.93. The summed E-state index contributed by atoms with van der Waals surface area (Å²) < 4.78 is 1.15. The maximum Gasteiger partial charge on any atom is 0.0281 e. The first-order valence-corrected chi connectivity index (χ1v) is 7.00. The van der Waals surface area contributed by atoms with Gasteiger partial charge in [-0.05, 0) is 53.8 Å². The van der Waals surface area contributed by atoms with Crippen LogP contribution in [0, 0.1) is 13.8 Å². The minimum Gasteiger partial charge on any atom is -0.0720 e. The molecule has 0 radical (unpaired) electrons. The zero-order valence-corrected chi connectivity index (χ0v) is 12.2. The molecule has 0 saturated carbocycles. The maximum absolute atomic E-state index is 3.57. The van der Waals surface area contributed by atoms with Crippen molar-refractivity contribution < 1.29 is 0 Å². The van der Waals surface area contributed by atoms with Crippen LogP contribution in [0.3, 0.4) is 0 Å². The fourth-order valence-corrected chi connectivity index (χ4v) is 3.03. The molecular formula is C17H15Br. The summed E-state index contributed by atoms with van der Waals surface area (Å²) in [4.78, 5) is 0. The largest absolute Gasteiger partial charge is 0.0720 e. The Hall–Kier alpha value is -1.34. The van der Waals surface area contributed by atoms with E-state index in [1.54, 1.807) is 0 Å². The van der Waals surface area contributed by atoms with Gasteiger partial charge in [-0.15, -0.1) is 0 Å². The van der Waals surface area contributed by atoms with Gasteiger partial charge in [0.05, 0.1) is 0 Å². The van der Waals surface area contributed by atoms with Crippen LogP contribution in [0.5, 0.6) is 0 Å². The molecule has 1 heteroatoms. The van der Waals surface area contributed by atoms with E-state index in [2.05, 4.69) is 78.3 Å². The minimum absolute atomic E-state index is 0.400. The molecule has 3 rings (SSSR count). The molecule has 1 atom stereocenters. The summed E-state index contributed by atoms with van der Waals surface area (Å²) in [6.07, 6.45) is 4.53. The highest BCUT2D eigenvalue weighted by molar-refractivity contribution is 9.10. The number of allylic oxidation sites excluding steroid dienone is 1. The van der Waals surface area contributed by atoms with Crippen molar-refractivity contribution in [1.82, 2.24) is 0 Å². The standard InChI is InChI=1S/C17H15Br/c1-11-4-3-5-15(12(11)2)16-9-7-13-6-8-14(18)10-17(13)16/h3-10,16H,1-2H3. The van der Waals surface area contributed by atoms with Crippen LogP contribution in [-0.4, -0.2) is 0 Å². The predicted octanol–water partition coefficient (Wildman–Crippen LogP) is 5.22. The van der Waals surface area contributed by atoms with E-state index in [1.165, 1.54) is 27.8 Å². The van der Waals surface area contributed by atoms with Crippen LogP contribution >= 0.6 is 15.9 Å². The minimum atomic E-state index is 0.400. The van der Waals surface area contributed by atoms with Crippen molar-refractivity contribution in [1.29, 1.82) is 0 Å². The van der Waals surface area contributed by atoms with Gasteiger partial charge in [0.2, 0.25) is 0 Å². The first-order valence-electron chi connectivity index (χ1n) is 6.20. The van der Waals surface area contributed by atoms with E-state index in [0.717, 1.165) is 4.47 Å². The zero-order chi connectivity index (χ0) is 12.7. The van der Waals surface area contributed by atoms with Gasteiger partial charge >= 0.3 is 0 Å². The molecular weight excluding hydrogens is 284 g/mol. The van der Waals surface area contributed by atoms with Gasteiger partial charge in [0, 0.05) is 10.4 Å². The topological polar surface area (TPSA) is 0 Å². The molecule has 0 saturated heterocycles. The van der Waals surface area contributed by atoms with Gasteiger partial charge in [0.15, 0.2) is 0 Å². The lowest BCUT2D eigenvalue weighted by atomic mass is 9.88. The van der Waals surface area contributed by atoms with Gasteiger partial charge in [-0.3, -0.25) is 0 Å². The van der Waals surface area contributed by atoms with Gasteiger partial charge in [-0.25, -0.2) is 0 Å². The average Bonchev–Trinajstić information content (AvgIpc) is 2.75. The first kappa shape index (κ1) is 11.7. The van der Waals surface area contributed by atoms with Crippen molar-refractivity contribution in [2.45, 2.75) is 19.8 Å². The van der Waals surface area contributed by atoms with Gasteiger partial charge < -0.3 is 0 Å². The third kappa shape index (κ3) is 1.83. The second-order valence-electron chi connectivity index (χ2n) is 4.90. The molecule has 2 aromatic rings. The van der Waals surface area contributed by atoms with Gasteiger partial charge in [-0.2, -0.15) is 0 Å². The Morgan fingerprint density at radius 3 is 2.67 bits per heavy atom. The highest BCUT2D eigenvalue weighted by atomic mass is 79.9. The van der Waals surface area contributed by atoms with E-state index in [9.17, 15) is 0 Å². The SMILES string of the molecule is Cc1cccc(C2C=Cc3ccc(Br)cc32)c1C. The number of rotatable bonds is 1. The quantitative estimate of drug-likeness (QED) is 0.677. The Morgan fingerprint density at radius 2 is 1.83 bits per heavy atom. The molecule has 1 aliphatic rings. The van der Waals surface area contributed by atoms with Crippen LogP contribution in [0.1, 0.15) is 33.7 Å². The Labute approximate surface area is 116 Å². The van der Waals surface area contributed by atoms with Crippen molar-refractivity contribution in [2.75, 3.05) is 0 Å². The molecule has 18 heavy (non-hydrogen) atoms. The van der Waals surface area contributed by atoms with Crippen LogP contribution in [-0.2, 0) is 0 Å². The smallest absolute Gasteiger partial charge is 0.0281 e. The first-order chi connectivity index (χ1) is 8.66. The van der Waals surface area contributed by atoms with E-state index >= 15 is 0 Å². The zero-order valence-electron chi connectivity index (χ0n) is 10.6. The highest BCUT2D eigenvalue weighted by Gasteiger charge is 2.20. The molecule has 0 spiro atoms. The summed E-state index contributed by atoms with van der Waals surface area (Å²) >= 11 is 3.57.